The van der Waals surface area contributed by atoms with Crippen molar-refractivity contribution in [2.45, 2.75) is 39.1 Å². The molecule has 0 aliphatic heterocycles. The third-order valence-corrected chi connectivity index (χ3v) is 1.98. The lowest BCUT2D eigenvalue weighted by atomic mass is 10.2. The Labute approximate surface area is 118 Å². The standard InChI is InChI=1S/C11H14O10/c1-4(9(14)15)19-11(18)8(21-6(3)13)7(10(16)17)20-5(2)12/h4,7-8H,1-3H3,(H,14,15)(H,16,17)/t4-,7+,8+/m0/s1. The zero-order valence-electron chi connectivity index (χ0n) is 11.4. The number of carboxylic acid groups (broad SMARTS) is 2. The van der Waals surface area contributed by atoms with Crippen molar-refractivity contribution >= 4 is 29.8 Å². The molecule has 0 amide bonds. The van der Waals surface area contributed by atoms with Gasteiger partial charge in [0.2, 0.25) is 12.2 Å². The Morgan fingerprint density at radius 3 is 1.52 bits per heavy atom. The van der Waals surface area contributed by atoms with Gasteiger partial charge >= 0.3 is 29.8 Å². The first-order valence-electron chi connectivity index (χ1n) is 5.56. The molecule has 0 fully saturated rings. The van der Waals surface area contributed by atoms with Crippen LogP contribution in [0.25, 0.3) is 0 Å². The molecule has 0 aliphatic carbocycles. The third kappa shape index (κ3) is 6.36. The lowest BCUT2D eigenvalue weighted by Gasteiger charge is -2.22. The van der Waals surface area contributed by atoms with Gasteiger partial charge in [0.25, 0.3) is 0 Å². The van der Waals surface area contributed by atoms with Gasteiger partial charge in [-0.15, -0.1) is 0 Å². The lowest BCUT2D eigenvalue weighted by Crippen LogP contribution is -2.47. The first kappa shape index (κ1) is 18.4. The summed E-state index contributed by atoms with van der Waals surface area (Å²) in [5, 5.41) is 17.5. The van der Waals surface area contributed by atoms with Crippen molar-refractivity contribution < 1.29 is 48.4 Å². The van der Waals surface area contributed by atoms with Crippen molar-refractivity contribution in [2.75, 3.05) is 0 Å². The van der Waals surface area contributed by atoms with Crippen LogP contribution in [-0.4, -0.2) is 58.4 Å². The molecule has 0 aromatic rings. The number of rotatable bonds is 7. The normalized spacial score (nSPS) is 14.2. The molecular weight excluding hydrogens is 292 g/mol. The van der Waals surface area contributed by atoms with Gasteiger partial charge in [-0.3, -0.25) is 9.59 Å². The van der Waals surface area contributed by atoms with E-state index >= 15 is 0 Å². The molecule has 0 spiro atoms. The molecule has 0 saturated carbocycles. The van der Waals surface area contributed by atoms with Crippen LogP contribution in [0.5, 0.6) is 0 Å². The maximum atomic E-state index is 11.7. The minimum Gasteiger partial charge on any atom is -0.479 e. The van der Waals surface area contributed by atoms with Crippen LogP contribution in [-0.2, 0) is 38.2 Å². The van der Waals surface area contributed by atoms with Gasteiger partial charge in [-0.2, -0.15) is 0 Å². The highest BCUT2D eigenvalue weighted by molar-refractivity contribution is 5.89. The highest BCUT2D eigenvalue weighted by atomic mass is 16.6. The fourth-order valence-corrected chi connectivity index (χ4v) is 1.12. The number of ether oxygens (including phenoxy) is 3. The highest BCUT2D eigenvalue weighted by Crippen LogP contribution is 2.10. The number of aliphatic carboxylic acids is 2. The minimum atomic E-state index is -2.15. The molecule has 2 N–H and O–H groups in total. The van der Waals surface area contributed by atoms with Gasteiger partial charge in [0, 0.05) is 13.8 Å². The number of esters is 3. The van der Waals surface area contributed by atoms with Gasteiger partial charge in [-0.05, 0) is 6.92 Å². The summed E-state index contributed by atoms with van der Waals surface area (Å²) in [5.41, 5.74) is 0. The fraction of sp³-hybridized carbons (Fsp3) is 0.545. The summed E-state index contributed by atoms with van der Waals surface area (Å²) in [6.45, 7) is 2.77. The Hall–Kier alpha value is -2.65. The summed E-state index contributed by atoms with van der Waals surface area (Å²) in [6.07, 6.45) is -5.88. The third-order valence-electron chi connectivity index (χ3n) is 1.98. The minimum absolute atomic E-state index is 0.881. The van der Waals surface area contributed by atoms with E-state index in [2.05, 4.69) is 14.2 Å². The zero-order chi connectivity index (χ0) is 16.7. The van der Waals surface area contributed by atoms with E-state index in [4.69, 9.17) is 10.2 Å². The second-order valence-electron chi connectivity index (χ2n) is 3.82. The summed E-state index contributed by atoms with van der Waals surface area (Å²) in [5.74, 6) is -6.81. The molecule has 0 aliphatic rings. The van der Waals surface area contributed by atoms with Gasteiger partial charge < -0.3 is 24.4 Å². The van der Waals surface area contributed by atoms with Crippen molar-refractivity contribution in [3.63, 3.8) is 0 Å². The first-order chi connectivity index (χ1) is 9.56. The zero-order valence-corrected chi connectivity index (χ0v) is 11.4. The number of carbonyl (C=O) groups excluding carboxylic acids is 3. The second kappa shape index (κ2) is 7.82. The summed E-state index contributed by atoms with van der Waals surface area (Å²) in [7, 11) is 0. The highest BCUT2D eigenvalue weighted by Gasteiger charge is 2.41. The van der Waals surface area contributed by atoms with Crippen LogP contribution >= 0.6 is 0 Å². The van der Waals surface area contributed by atoms with Crippen LogP contribution < -0.4 is 0 Å². The van der Waals surface area contributed by atoms with Gasteiger partial charge in [-0.1, -0.05) is 0 Å². The Morgan fingerprint density at radius 2 is 1.19 bits per heavy atom. The fourth-order valence-electron chi connectivity index (χ4n) is 1.12. The lowest BCUT2D eigenvalue weighted by molar-refractivity contribution is -0.191. The van der Waals surface area contributed by atoms with Crippen molar-refractivity contribution in [1.82, 2.24) is 0 Å². The molecule has 0 aromatic heterocycles. The van der Waals surface area contributed by atoms with Crippen LogP contribution in [0.3, 0.4) is 0 Å². The van der Waals surface area contributed by atoms with Gasteiger partial charge in [-0.25, -0.2) is 14.4 Å². The Morgan fingerprint density at radius 1 is 0.762 bits per heavy atom. The van der Waals surface area contributed by atoms with E-state index in [9.17, 15) is 24.0 Å². The molecule has 0 heterocycles. The maximum Gasteiger partial charge on any atom is 0.352 e. The molecule has 21 heavy (non-hydrogen) atoms. The molecule has 3 atom stereocenters. The molecular formula is C11H14O10. The molecule has 0 unspecified atom stereocenters. The quantitative estimate of drug-likeness (QED) is 0.439. The maximum absolute atomic E-state index is 11.7. The molecule has 10 heteroatoms. The molecule has 0 saturated heterocycles. The van der Waals surface area contributed by atoms with Crippen molar-refractivity contribution in [1.29, 1.82) is 0 Å². The van der Waals surface area contributed by atoms with E-state index in [1.165, 1.54) is 0 Å². The number of hydrogen-bond acceptors (Lipinski definition) is 8. The molecule has 0 radical (unpaired) electrons. The van der Waals surface area contributed by atoms with Gasteiger partial charge in [0.05, 0.1) is 0 Å². The van der Waals surface area contributed by atoms with Crippen LogP contribution in [0, 0.1) is 0 Å². The largest absolute Gasteiger partial charge is 0.479 e. The van der Waals surface area contributed by atoms with E-state index in [0.29, 0.717) is 0 Å². The van der Waals surface area contributed by atoms with E-state index in [0.717, 1.165) is 20.8 Å². The summed E-state index contributed by atoms with van der Waals surface area (Å²) in [4.78, 5) is 55.0. The van der Waals surface area contributed by atoms with Crippen LogP contribution in [0.15, 0.2) is 0 Å². The second-order valence-corrected chi connectivity index (χ2v) is 3.82. The molecule has 0 bridgehead atoms. The van der Waals surface area contributed by atoms with E-state index in [1.54, 1.807) is 0 Å². The van der Waals surface area contributed by atoms with Crippen LogP contribution in [0.2, 0.25) is 0 Å². The summed E-state index contributed by atoms with van der Waals surface area (Å²) >= 11 is 0. The molecule has 0 aromatic carbocycles. The van der Waals surface area contributed by atoms with Crippen molar-refractivity contribution in [3.8, 4) is 0 Å². The number of carbonyl (C=O) groups is 5. The van der Waals surface area contributed by atoms with Crippen molar-refractivity contribution in [2.24, 2.45) is 0 Å². The Balaban J connectivity index is 5.27. The molecule has 0 rings (SSSR count). The molecule has 10 nitrogen and oxygen atoms in total. The van der Waals surface area contributed by atoms with Gasteiger partial charge in [0.1, 0.15) is 0 Å². The summed E-state index contributed by atoms with van der Waals surface area (Å²) < 4.78 is 13.2. The van der Waals surface area contributed by atoms with Gasteiger partial charge in [0.15, 0.2) is 6.10 Å². The molecule has 118 valence electrons. The van der Waals surface area contributed by atoms with Crippen LogP contribution in [0.4, 0.5) is 0 Å². The first-order valence-corrected chi connectivity index (χ1v) is 5.56. The Bertz CT molecular complexity index is 454. The van der Waals surface area contributed by atoms with Crippen LogP contribution in [0.1, 0.15) is 20.8 Å². The Kier molecular flexibility index (Phi) is 6.84. The predicted molar refractivity (Wildman–Crippen MR) is 61.9 cm³/mol. The topological polar surface area (TPSA) is 154 Å². The average Bonchev–Trinajstić information content (AvgIpc) is 2.32. The SMILES string of the molecule is CC(=O)O[C@@H](C(=O)O)[C@@H](OC(C)=O)C(=O)O[C@@H](C)C(=O)O. The number of hydrogen-bond donors (Lipinski definition) is 2. The smallest absolute Gasteiger partial charge is 0.352 e. The predicted octanol–water partition coefficient (Wildman–Crippen LogP) is -1.05. The van der Waals surface area contributed by atoms with E-state index in [1.807, 2.05) is 0 Å². The van der Waals surface area contributed by atoms with E-state index in [-0.39, 0.29) is 0 Å². The summed E-state index contributed by atoms with van der Waals surface area (Å²) in [6, 6.07) is 0. The van der Waals surface area contributed by atoms with E-state index < -0.39 is 48.2 Å². The van der Waals surface area contributed by atoms with Crippen molar-refractivity contribution in [3.05, 3.63) is 0 Å². The monoisotopic (exact) mass is 306 g/mol. The average molecular weight is 306 g/mol. The number of carboxylic acids is 2.